The normalized spacial score (nSPS) is 17.5. The monoisotopic (exact) mass is 524 g/mol. The summed E-state index contributed by atoms with van der Waals surface area (Å²) in [6.45, 7) is 10.9. The van der Waals surface area contributed by atoms with E-state index in [9.17, 15) is 14.0 Å². The van der Waals surface area contributed by atoms with E-state index in [0.717, 1.165) is 34.6 Å². The van der Waals surface area contributed by atoms with Crippen LogP contribution in [0.2, 0.25) is 0 Å². The van der Waals surface area contributed by atoms with E-state index in [2.05, 4.69) is 4.57 Å². The molecular weight excluding hydrogens is 485 g/mol. The highest BCUT2D eigenvalue weighted by atomic mass is 19.1. The number of amides is 1. The van der Waals surface area contributed by atoms with Crippen LogP contribution in [-0.4, -0.2) is 41.6 Å². The van der Waals surface area contributed by atoms with Crippen LogP contribution >= 0.6 is 0 Å². The molecule has 1 aromatic carbocycles. The number of methoxy groups -OCH3 is 1. The Balaban J connectivity index is 1.78. The summed E-state index contributed by atoms with van der Waals surface area (Å²) >= 11 is 0. The molecule has 1 aromatic heterocycles. The third-order valence-electron chi connectivity index (χ3n) is 6.98. The van der Waals surface area contributed by atoms with Crippen molar-refractivity contribution in [2.24, 2.45) is 0 Å². The quantitative estimate of drug-likeness (QED) is 0.142. The van der Waals surface area contributed by atoms with Gasteiger partial charge in [-0.15, -0.1) is 0 Å². The lowest BCUT2D eigenvalue weighted by molar-refractivity contribution is -0.713. The summed E-state index contributed by atoms with van der Waals surface area (Å²) in [7, 11) is 1.64. The number of hydrogen-bond acceptors (Lipinski definition) is 4. The summed E-state index contributed by atoms with van der Waals surface area (Å²) in [5.74, 6) is 0.170. The first-order valence-electron chi connectivity index (χ1n) is 13.0. The van der Waals surface area contributed by atoms with Gasteiger partial charge >= 0.3 is 5.97 Å². The maximum Gasteiger partial charge on any atom is 0.302 e. The van der Waals surface area contributed by atoms with E-state index >= 15 is 0 Å². The molecule has 0 aliphatic carbocycles. The van der Waals surface area contributed by atoms with E-state index in [1.165, 1.54) is 19.1 Å². The van der Waals surface area contributed by atoms with E-state index in [1.807, 2.05) is 67.9 Å². The van der Waals surface area contributed by atoms with Crippen LogP contribution in [-0.2, 0) is 25.6 Å². The first kappa shape index (κ1) is 28.9. The molecule has 1 amide bonds. The molecular formula is C30H39FN3O4+. The summed E-state index contributed by atoms with van der Waals surface area (Å²) in [5, 5.41) is 0. The van der Waals surface area contributed by atoms with E-state index in [-0.39, 0.29) is 29.8 Å². The maximum absolute atomic E-state index is 13.4. The van der Waals surface area contributed by atoms with Gasteiger partial charge in [-0.2, -0.15) is 0 Å². The number of piperidine rings is 1. The average Bonchev–Trinajstić information content (AvgIpc) is 3.27. The maximum atomic E-state index is 13.4. The van der Waals surface area contributed by atoms with Gasteiger partial charge in [0.1, 0.15) is 36.6 Å². The number of benzene rings is 1. The van der Waals surface area contributed by atoms with Crippen molar-refractivity contribution in [3.8, 4) is 0 Å². The first-order chi connectivity index (χ1) is 18.1. The largest absolute Gasteiger partial charge is 0.497 e. The van der Waals surface area contributed by atoms with Gasteiger partial charge in [0.15, 0.2) is 6.04 Å². The van der Waals surface area contributed by atoms with E-state index < -0.39 is 0 Å². The Bertz CT molecular complexity index is 1230. The fraction of sp³-hybridized carbons (Fsp3) is 0.433. The number of likely N-dealkylation sites (tertiary alicyclic amines) is 1. The van der Waals surface area contributed by atoms with Crippen molar-refractivity contribution >= 4 is 11.9 Å². The predicted octanol–water partition coefficient (Wildman–Crippen LogP) is 5.13. The Kier molecular flexibility index (Phi) is 10.0. The molecule has 0 N–H and O–H groups in total. The third-order valence-corrected chi connectivity index (χ3v) is 6.98. The molecule has 8 heteroatoms. The second-order valence-corrected chi connectivity index (χ2v) is 9.58. The van der Waals surface area contributed by atoms with Crippen molar-refractivity contribution in [2.45, 2.75) is 66.1 Å². The number of hydrogen-bond donors (Lipinski definition) is 0. The van der Waals surface area contributed by atoms with Gasteiger partial charge in [-0.25, -0.2) is 13.5 Å². The van der Waals surface area contributed by atoms with Gasteiger partial charge in [-0.05, 0) is 69.0 Å². The van der Waals surface area contributed by atoms with Gasteiger partial charge in [-0.3, -0.25) is 9.59 Å². The molecule has 0 spiro atoms. The van der Waals surface area contributed by atoms with Crippen molar-refractivity contribution in [2.75, 3.05) is 20.3 Å². The van der Waals surface area contributed by atoms with Crippen LogP contribution in [0.5, 0.6) is 0 Å². The highest BCUT2D eigenvalue weighted by Gasteiger charge is 2.28. The zero-order valence-corrected chi connectivity index (χ0v) is 23.2. The van der Waals surface area contributed by atoms with Gasteiger partial charge < -0.3 is 14.4 Å². The molecule has 1 saturated heterocycles. The molecule has 1 aliphatic heterocycles. The molecule has 0 radical (unpaired) electrons. The van der Waals surface area contributed by atoms with Gasteiger partial charge in [-0.1, -0.05) is 18.2 Å². The number of rotatable bonds is 10. The fourth-order valence-corrected chi connectivity index (χ4v) is 4.64. The van der Waals surface area contributed by atoms with E-state index in [0.29, 0.717) is 26.1 Å². The summed E-state index contributed by atoms with van der Waals surface area (Å²) < 4.78 is 28.3. The lowest BCUT2D eigenvalue weighted by Crippen LogP contribution is -2.38. The molecule has 204 valence electrons. The topological polar surface area (TPSA) is 64.7 Å². The molecule has 2 atom stereocenters. The van der Waals surface area contributed by atoms with Gasteiger partial charge in [0, 0.05) is 26.0 Å². The molecule has 1 fully saturated rings. The molecule has 2 aromatic rings. The van der Waals surface area contributed by atoms with Crippen LogP contribution in [0.1, 0.15) is 63.9 Å². The summed E-state index contributed by atoms with van der Waals surface area (Å²) in [6, 6.07) is 6.10. The Morgan fingerprint density at radius 3 is 2.58 bits per heavy atom. The van der Waals surface area contributed by atoms with Crippen LogP contribution in [0.4, 0.5) is 4.39 Å². The minimum atomic E-state index is -0.293. The number of carbonyl (C=O) groups excluding carboxylic acids is 2. The molecule has 2 heterocycles. The van der Waals surface area contributed by atoms with Crippen molar-refractivity contribution < 1.29 is 28.0 Å². The second kappa shape index (κ2) is 13.2. The lowest BCUT2D eigenvalue weighted by Gasteiger charge is -2.34. The van der Waals surface area contributed by atoms with Crippen molar-refractivity contribution in [3.63, 3.8) is 0 Å². The number of aromatic nitrogens is 2. The standard InChI is InChI=1S/C30H39FN3O4/c1-7-25(17-27-9-8-14-34(30(27)36)22(3)26-10-12-28(31)13-11-26)18-29(37-6)23(4)33-19-21(2)32(20-33)15-16-38-24(5)35/h7,10-13,17-20,22-23H,8-9,14-16H2,1-6H3/q+1/b25-7-,27-17-,29-18+/t22-,23?/m0/s1. The van der Waals surface area contributed by atoms with Crippen molar-refractivity contribution in [3.05, 3.63) is 89.0 Å². The van der Waals surface area contributed by atoms with Crippen LogP contribution in [0, 0.1) is 12.7 Å². The van der Waals surface area contributed by atoms with Crippen LogP contribution < -0.4 is 4.57 Å². The minimum Gasteiger partial charge on any atom is -0.497 e. The van der Waals surface area contributed by atoms with E-state index in [4.69, 9.17) is 9.47 Å². The Hall–Kier alpha value is -3.68. The highest BCUT2D eigenvalue weighted by Crippen LogP contribution is 2.29. The minimum absolute atomic E-state index is 0.00250. The molecule has 3 rings (SSSR count). The van der Waals surface area contributed by atoms with Gasteiger partial charge in [0.2, 0.25) is 12.2 Å². The number of aryl methyl sites for hydroxylation is 1. The van der Waals surface area contributed by atoms with Crippen molar-refractivity contribution in [1.29, 1.82) is 0 Å². The number of allylic oxidation sites excluding steroid dienone is 5. The number of carbonyl (C=O) groups is 2. The van der Waals surface area contributed by atoms with Gasteiger partial charge in [0.25, 0.3) is 0 Å². The smallest absolute Gasteiger partial charge is 0.302 e. The average molecular weight is 525 g/mol. The molecule has 7 nitrogen and oxygen atoms in total. The number of halogens is 1. The number of imidazole rings is 1. The van der Waals surface area contributed by atoms with Gasteiger partial charge in [0.05, 0.1) is 13.2 Å². The molecule has 0 bridgehead atoms. The molecule has 1 aliphatic rings. The number of ether oxygens (including phenoxy) is 2. The highest BCUT2D eigenvalue weighted by molar-refractivity contribution is 5.95. The van der Waals surface area contributed by atoms with Crippen LogP contribution in [0.25, 0.3) is 0 Å². The molecule has 38 heavy (non-hydrogen) atoms. The predicted molar refractivity (Wildman–Crippen MR) is 143 cm³/mol. The van der Waals surface area contributed by atoms with Crippen molar-refractivity contribution in [1.82, 2.24) is 9.47 Å². The zero-order valence-electron chi connectivity index (χ0n) is 23.2. The SMILES string of the molecule is C/C=C(/C=C1/CCCN([C@@H](C)c2ccc(F)cc2)C1=O)\C=C(\OC)C(C)[n+]1cc(C)n(CCOC(C)=O)c1. The third kappa shape index (κ3) is 7.21. The number of esters is 1. The van der Waals surface area contributed by atoms with E-state index in [1.54, 1.807) is 19.2 Å². The van der Waals surface area contributed by atoms with Crippen LogP contribution in [0.3, 0.4) is 0 Å². The van der Waals surface area contributed by atoms with Crippen LogP contribution in [0.15, 0.2) is 71.9 Å². The second-order valence-electron chi connectivity index (χ2n) is 9.58. The Morgan fingerprint density at radius 1 is 1.24 bits per heavy atom. The summed E-state index contributed by atoms with van der Waals surface area (Å²) in [5.41, 5.74) is 3.59. The first-order valence-corrected chi connectivity index (χ1v) is 13.0. The Morgan fingerprint density at radius 2 is 1.95 bits per heavy atom. The lowest BCUT2D eigenvalue weighted by atomic mass is 9.97. The molecule has 1 unspecified atom stereocenters. The zero-order chi connectivity index (χ0) is 27.8. The Labute approximate surface area is 224 Å². The molecule has 0 saturated carbocycles. The fourth-order valence-electron chi connectivity index (χ4n) is 4.64. The summed E-state index contributed by atoms with van der Waals surface area (Å²) in [4.78, 5) is 26.3. The summed E-state index contributed by atoms with van der Waals surface area (Å²) in [6.07, 6.45) is 11.4. The number of nitrogens with zero attached hydrogens (tertiary/aromatic N) is 3.